The van der Waals surface area contributed by atoms with Gasteiger partial charge in [-0.3, -0.25) is 0 Å². The summed E-state index contributed by atoms with van der Waals surface area (Å²) in [4.78, 5) is 18.5. The maximum absolute atomic E-state index is 10.6. The van der Waals surface area contributed by atoms with E-state index in [2.05, 4.69) is 25.6 Å². The van der Waals surface area contributed by atoms with Gasteiger partial charge in [0.2, 0.25) is 0 Å². The number of rotatable bonds is 6. The lowest BCUT2D eigenvalue weighted by Gasteiger charge is -2.07. The zero-order valence-corrected chi connectivity index (χ0v) is 11.2. The second kappa shape index (κ2) is 6.15. The van der Waals surface area contributed by atoms with Crippen molar-refractivity contribution in [3.8, 4) is 6.01 Å². The summed E-state index contributed by atoms with van der Waals surface area (Å²) in [6, 6.07) is 0.200. The summed E-state index contributed by atoms with van der Waals surface area (Å²) in [6.07, 6.45) is 2.76. The molecule has 2 heterocycles. The van der Waals surface area contributed by atoms with Crippen LogP contribution in [0.25, 0.3) is 0 Å². The van der Waals surface area contributed by atoms with Crippen LogP contribution in [0.2, 0.25) is 5.02 Å². The van der Waals surface area contributed by atoms with Crippen molar-refractivity contribution < 1.29 is 14.6 Å². The fourth-order valence-electron chi connectivity index (χ4n) is 1.37. The van der Waals surface area contributed by atoms with Gasteiger partial charge < -0.3 is 15.2 Å². The molecule has 0 radical (unpaired) electrons. The van der Waals surface area contributed by atoms with Crippen molar-refractivity contribution in [2.75, 3.05) is 19.0 Å². The zero-order valence-electron chi connectivity index (χ0n) is 10.4. The van der Waals surface area contributed by atoms with E-state index in [0.717, 1.165) is 0 Å². The van der Waals surface area contributed by atoms with E-state index in [0.29, 0.717) is 23.9 Å². The normalized spacial score (nSPS) is 10.3. The second-order valence-corrected chi connectivity index (χ2v) is 4.06. The lowest BCUT2D eigenvalue weighted by atomic mass is 10.5. The molecule has 0 atom stereocenters. The Hall–Kier alpha value is -2.42. The van der Waals surface area contributed by atoms with Crippen molar-refractivity contribution in [3.05, 3.63) is 23.1 Å². The highest BCUT2D eigenvalue weighted by Gasteiger charge is 2.08. The molecule has 10 heteroatoms. The molecule has 2 aromatic heterocycles. The molecular formula is C10H11ClN6O3. The number of carbonyl (C=O) groups is 1. The van der Waals surface area contributed by atoms with Crippen molar-refractivity contribution in [1.82, 2.24) is 25.0 Å². The topological polar surface area (TPSA) is 115 Å². The molecule has 2 aromatic rings. The van der Waals surface area contributed by atoms with Gasteiger partial charge in [0.1, 0.15) is 5.02 Å². The van der Waals surface area contributed by atoms with Crippen molar-refractivity contribution >= 4 is 23.4 Å². The molecule has 0 aliphatic heterocycles. The van der Waals surface area contributed by atoms with Gasteiger partial charge in [-0.25, -0.2) is 14.5 Å². The highest BCUT2D eigenvalue weighted by Crippen LogP contribution is 2.19. The highest BCUT2D eigenvalue weighted by molar-refractivity contribution is 6.32. The largest absolute Gasteiger partial charge is 0.476 e. The summed E-state index contributed by atoms with van der Waals surface area (Å²) in [5.41, 5.74) is -0.105. The molecule has 0 amide bonds. The Morgan fingerprint density at radius 3 is 3.05 bits per heavy atom. The highest BCUT2D eigenvalue weighted by atomic mass is 35.5. The van der Waals surface area contributed by atoms with E-state index in [9.17, 15) is 4.79 Å². The lowest BCUT2D eigenvalue weighted by Crippen LogP contribution is -2.12. The Kier molecular flexibility index (Phi) is 4.31. The predicted molar refractivity (Wildman–Crippen MR) is 69.1 cm³/mol. The van der Waals surface area contributed by atoms with Crippen LogP contribution in [-0.2, 0) is 6.54 Å². The molecule has 0 bridgehead atoms. The summed E-state index contributed by atoms with van der Waals surface area (Å²) in [6.45, 7) is 0.839. The fraction of sp³-hybridized carbons (Fsp3) is 0.300. The van der Waals surface area contributed by atoms with Crippen LogP contribution in [-0.4, -0.2) is 49.7 Å². The number of nitrogens with zero attached hydrogens (tertiary/aromatic N) is 5. The average molecular weight is 299 g/mol. The maximum Gasteiger partial charge on any atom is 0.358 e. The number of nitrogens with one attached hydrogen (secondary N) is 1. The van der Waals surface area contributed by atoms with Crippen molar-refractivity contribution in [2.24, 2.45) is 0 Å². The van der Waals surface area contributed by atoms with Gasteiger partial charge >= 0.3 is 12.0 Å². The quantitative estimate of drug-likeness (QED) is 0.794. The zero-order chi connectivity index (χ0) is 14.5. The maximum atomic E-state index is 10.6. The van der Waals surface area contributed by atoms with Gasteiger partial charge in [0, 0.05) is 6.54 Å². The van der Waals surface area contributed by atoms with Gasteiger partial charge in [-0.2, -0.15) is 4.98 Å². The molecule has 9 nitrogen and oxygen atoms in total. The first-order valence-corrected chi connectivity index (χ1v) is 5.92. The number of aromatic nitrogens is 5. The van der Waals surface area contributed by atoms with Crippen LogP contribution in [0.3, 0.4) is 0 Å². The van der Waals surface area contributed by atoms with Crippen LogP contribution in [0.4, 0.5) is 5.82 Å². The summed E-state index contributed by atoms with van der Waals surface area (Å²) in [7, 11) is 1.45. The van der Waals surface area contributed by atoms with E-state index < -0.39 is 5.97 Å². The van der Waals surface area contributed by atoms with Gasteiger partial charge in [-0.1, -0.05) is 16.8 Å². The summed E-state index contributed by atoms with van der Waals surface area (Å²) < 4.78 is 6.30. The predicted octanol–water partition coefficient (Wildman–Crippen LogP) is 0.540. The third-order valence-corrected chi connectivity index (χ3v) is 2.57. The van der Waals surface area contributed by atoms with Gasteiger partial charge in [-0.05, 0) is 0 Å². The SMILES string of the molecule is COc1ncc(Cl)c(NCCn2cc(C(=O)O)nn2)n1. The molecule has 0 spiro atoms. The van der Waals surface area contributed by atoms with E-state index in [1.54, 1.807) is 0 Å². The van der Waals surface area contributed by atoms with E-state index in [1.807, 2.05) is 0 Å². The van der Waals surface area contributed by atoms with Crippen molar-refractivity contribution in [3.63, 3.8) is 0 Å². The van der Waals surface area contributed by atoms with Gasteiger partial charge in [0.15, 0.2) is 11.5 Å². The van der Waals surface area contributed by atoms with Crippen LogP contribution in [0.15, 0.2) is 12.4 Å². The van der Waals surface area contributed by atoms with Crippen LogP contribution < -0.4 is 10.1 Å². The molecule has 0 saturated carbocycles. The summed E-state index contributed by atoms with van der Waals surface area (Å²) in [5, 5.41) is 19.2. The standard InChI is InChI=1S/C10H11ClN6O3/c1-20-10-13-4-6(11)8(14-10)12-2-3-17-5-7(9(18)19)15-16-17/h4-5H,2-3H2,1H3,(H,18,19)(H,12,13,14). The van der Waals surface area contributed by atoms with E-state index in [-0.39, 0.29) is 11.7 Å². The Bertz CT molecular complexity index is 617. The molecule has 0 saturated heterocycles. The minimum Gasteiger partial charge on any atom is -0.476 e. The Morgan fingerprint density at radius 1 is 1.60 bits per heavy atom. The summed E-state index contributed by atoms with van der Waals surface area (Å²) in [5.74, 6) is -0.690. The molecule has 0 aliphatic rings. The number of methoxy groups -OCH3 is 1. The van der Waals surface area contributed by atoms with Crippen molar-refractivity contribution in [2.45, 2.75) is 6.54 Å². The number of hydrogen-bond acceptors (Lipinski definition) is 7. The first-order valence-electron chi connectivity index (χ1n) is 5.54. The molecule has 0 aliphatic carbocycles. The fourth-order valence-corrected chi connectivity index (χ4v) is 1.53. The monoisotopic (exact) mass is 298 g/mol. The summed E-state index contributed by atoms with van der Waals surface area (Å²) >= 11 is 5.93. The average Bonchev–Trinajstić information content (AvgIpc) is 2.90. The minimum atomic E-state index is -1.12. The Balaban J connectivity index is 1.93. The minimum absolute atomic E-state index is 0.105. The van der Waals surface area contributed by atoms with E-state index in [4.69, 9.17) is 21.4 Å². The molecule has 0 unspecified atom stereocenters. The number of hydrogen-bond donors (Lipinski definition) is 2. The first-order chi connectivity index (χ1) is 9.60. The third kappa shape index (κ3) is 3.32. The second-order valence-electron chi connectivity index (χ2n) is 3.65. The number of carboxylic acid groups (broad SMARTS) is 1. The van der Waals surface area contributed by atoms with Gasteiger partial charge in [0.25, 0.3) is 0 Å². The molecule has 0 aromatic carbocycles. The number of aromatic carboxylic acids is 1. The van der Waals surface area contributed by atoms with Crippen LogP contribution in [0.1, 0.15) is 10.5 Å². The van der Waals surface area contributed by atoms with Gasteiger partial charge in [-0.15, -0.1) is 5.10 Å². The first kappa shape index (κ1) is 14.0. The lowest BCUT2D eigenvalue weighted by molar-refractivity contribution is 0.0690. The molecule has 2 rings (SSSR count). The van der Waals surface area contributed by atoms with E-state index >= 15 is 0 Å². The molecule has 106 valence electrons. The van der Waals surface area contributed by atoms with Crippen LogP contribution in [0, 0.1) is 0 Å². The van der Waals surface area contributed by atoms with Crippen LogP contribution >= 0.6 is 11.6 Å². The molecule has 20 heavy (non-hydrogen) atoms. The van der Waals surface area contributed by atoms with Gasteiger partial charge in [0.05, 0.1) is 26.0 Å². The Labute approximate surface area is 118 Å². The molecule has 2 N–H and O–H groups in total. The van der Waals surface area contributed by atoms with Crippen LogP contribution in [0.5, 0.6) is 6.01 Å². The molecular weight excluding hydrogens is 288 g/mol. The number of ether oxygens (including phenoxy) is 1. The third-order valence-electron chi connectivity index (χ3n) is 2.30. The number of halogens is 1. The van der Waals surface area contributed by atoms with E-state index in [1.165, 1.54) is 24.2 Å². The number of anilines is 1. The Morgan fingerprint density at radius 2 is 2.40 bits per heavy atom. The molecule has 0 fully saturated rings. The van der Waals surface area contributed by atoms with Crippen molar-refractivity contribution in [1.29, 1.82) is 0 Å². The smallest absolute Gasteiger partial charge is 0.358 e. The number of carboxylic acids is 1.